The molecule has 0 bridgehead atoms. The zero-order valence-electron chi connectivity index (χ0n) is 5.19. The molecule has 0 heterocycles. The molecule has 0 aliphatic heterocycles. The molecule has 1 rings (SSSR count). The second-order valence-corrected chi connectivity index (χ2v) is 1.76. The Labute approximate surface area is 60.9 Å². The zero-order chi connectivity index (χ0) is 6.69. The van der Waals surface area contributed by atoms with Crippen molar-refractivity contribution in [1.82, 2.24) is 0 Å². The molecule has 0 saturated heterocycles. The van der Waals surface area contributed by atoms with Crippen molar-refractivity contribution in [2.24, 2.45) is 0 Å². The minimum Gasteiger partial charge on any atom is -0.388 e. The van der Waals surface area contributed by atoms with Gasteiger partial charge in [0.05, 0.1) is 0 Å². The van der Waals surface area contributed by atoms with Crippen LogP contribution in [0.2, 0.25) is 0 Å². The third kappa shape index (κ3) is 2.05. The average Bonchev–Trinajstić information content (AvgIpc) is 1.90. The molecule has 0 fully saturated rings. The summed E-state index contributed by atoms with van der Waals surface area (Å²) in [7, 11) is 1.80. The highest BCUT2D eigenvalue weighted by atomic mass is 19.1. The number of anilines is 1. The van der Waals surface area contributed by atoms with E-state index in [0.717, 1.165) is 5.69 Å². The van der Waals surface area contributed by atoms with Gasteiger partial charge in [-0.05, 0) is 24.3 Å². The maximum atomic E-state index is 12.2. The fraction of sp³-hybridized carbons (Fsp3) is 0.250. The summed E-state index contributed by atoms with van der Waals surface area (Å²) in [5, 5.41) is 2.89. The summed E-state index contributed by atoms with van der Waals surface area (Å²) in [5.41, 5.74) is 0.927. The van der Waals surface area contributed by atoms with Crippen LogP contribution in [-0.4, -0.2) is 7.05 Å². The zero-order valence-corrected chi connectivity index (χ0v) is 5.19. The number of rotatable bonds is 1. The van der Waals surface area contributed by atoms with Gasteiger partial charge in [-0.1, -0.05) is 7.43 Å². The molecular formula is C8H12FN. The first kappa shape index (κ1) is 8.95. The first-order chi connectivity index (χ1) is 4.33. The van der Waals surface area contributed by atoms with Crippen molar-refractivity contribution in [3.05, 3.63) is 30.1 Å². The van der Waals surface area contributed by atoms with E-state index in [9.17, 15) is 4.39 Å². The minimum absolute atomic E-state index is 0. The number of benzene rings is 1. The first-order valence-corrected chi connectivity index (χ1v) is 2.76. The van der Waals surface area contributed by atoms with E-state index in [-0.39, 0.29) is 13.2 Å². The van der Waals surface area contributed by atoms with Gasteiger partial charge in [-0.2, -0.15) is 0 Å². The van der Waals surface area contributed by atoms with Crippen molar-refractivity contribution in [3.8, 4) is 0 Å². The first-order valence-electron chi connectivity index (χ1n) is 2.76. The fourth-order valence-electron chi connectivity index (χ4n) is 0.617. The summed E-state index contributed by atoms with van der Waals surface area (Å²) in [4.78, 5) is 0. The highest BCUT2D eigenvalue weighted by Gasteiger charge is 1.86. The number of halogens is 1. The summed E-state index contributed by atoms with van der Waals surface area (Å²) in [6.45, 7) is 0. The summed E-state index contributed by atoms with van der Waals surface area (Å²) >= 11 is 0. The Morgan fingerprint density at radius 1 is 1.20 bits per heavy atom. The highest BCUT2D eigenvalue weighted by molar-refractivity contribution is 5.41. The van der Waals surface area contributed by atoms with Crippen LogP contribution >= 0.6 is 0 Å². The van der Waals surface area contributed by atoms with Crippen molar-refractivity contribution in [3.63, 3.8) is 0 Å². The molecule has 10 heavy (non-hydrogen) atoms. The maximum Gasteiger partial charge on any atom is 0.123 e. The Morgan fingerprint density at radius 3 is 2.10 bits per heavy atom. The molecule has 0 aromatic heterocycles. The molecule has 1 aromatic carbocycles. The lowest BCUT2D eigenvalue weighted by Crippen LogP contribution is -1.86. The number of nitrogens with one attached hydrogen (secondary N) is 1. The van der Waals surface area contributed by atoms with Crippen LogP contribution in [0.3, 0.4) is 0 Å². The van der Waals surface area contributed by atoms with Gasteiger partial charge in [-0.25, -0.2) is 4.39 Å². The lowest BCUT2D eigenvalue weighted by Gasteiger charge is -1.95. The SMILES string of the molecule is C.CNc1ccc(F)cc1. The molecule has 56 valence electrons. The van der Waals surface area contributed by atoms with E-state index in [1.165, 1.54) is 12.1 Å². The van der Waals surface area contributed by atoms with Gasteiger partial charge in [0, 0.05) is 12.7 Å². The lowest BCUT2D eigenvalue weighted by atomic mass is 10.3. The van der Waals surface area contributed by atoms with Gasteiger partial charge in [0.2, 0.25) is 0 Å². The van der Waals surface area contributed by atoms with Crippen molar-refractivity contribution in [2.45, 2.75) is 7.43 Å². The van der Waals surface area contributed by atoms with Crippen LogP contribution in [0, 0.1) is 5.82 Å². The van der Waals surface area contributed by atoms with Gasteiger partial charge >= 0.3 is 0 Å². The molecule has 0 amide bonds. The molecule has 0 aliphatic carbocycles. The Morgan fingerprint density at radius 2 is 1.70 bits per heavy atom. The second kappa shape index (κ2) is 3.88. The molecule has 1 aromatic rings. The summed E-state index contributed by atoms with van der Waals surface area (Å²) < 4.78 is 12.2. The van der Waals surface area contributed by atoms with Crippen LogP contribution in [-0.2, 0) is 0 Å². The molecule has 0 aliphatic rings. The molecule has 2 heteroatoms. The standard InChI is InChI=1S/C7H8FN.CH4/c1-9-7-4-2-6(8)3-5-7;/h2-5,9H,1H3;1H4. The van der Waals surface area contributed by atoms with Gasteiger partial charge in [0.1, 0.15) is 5.82 Å². The van der Waals surface area contributed by atoms with Crippen molar-refractivity contribution in [1.29, 1.82) is 0 Å². The third-order valence-corrected chi connectivity index (χ3v) is 1.13. The largest absolute Gasteiger partial charge is 0.388 e. The second-order valence-electron chi connectivity index (χ2n) is 1.76. The Hall–Kier alpha value is -1.05. The van der Waals surface area contributed by atoms with Crippen molar-refractivity contribution < 1.29 is 4.39 Å². The van der Waals surface area contributed by atoms with Gasteiger partial charge in [-0.3, -0.25) is 0 Å². The molecular weight excluding hydrogens is 129 g/mol. The highest BCUT2D eigenvalue weighted by Crippen LogP contribution is 2.05. The third-order valence-electron chi connectivity index (χ3n) is 1.13. The van der Waals surface area contributed by atoms with Crippen LogP contribution in [0.25, 0.3) is 0 Å². The van der Waals surface area contributed by atoms with Gasteiger partial charge in [0.25, 0.3) is 0 Å². The predicted octanol–water partition coefficient (Wildman–Crippen LogP) is 2.50. The van der Waals surface area contributed by atoms with Gasteiger partial charge in [-0.15, -0.1) is 0 Å². The molecule has 0 atom stereocenters. The van der Waals surface area contributed by atoms with E-state index in [2.05, 4.69) is 5.32 Å². The van der Waals surface area contributed by atoms with Crippen LogP contribution in [0.15, 0.2) is 24.3 Å². The molecule has 0 saturated carbocycles. The Kier molecular flexibility index (Phi) is 3.47. The number of hydrogen-bond donors (Lipinski definition) is 1. The van der Waals surface area contributed by atoms with E-state index in [1.54, 1.807) is 19.2 Å². The molecule has 0 spiro atoms. The summed E-state index contributed by atoms with van der Waals surface area (Å²) in [5.74, 6) is -0.200. The monoisotopic (exact) mass is 141 g/mol. The normalized spacial score (nSPS) is 8.20. The average molecular weight is 141 g/mol. The summed E-state index contributed by atoms with van der Waals surface area (Å²) in [6.07, 6.45) is 0. The van der Waals surface area contributed by atoms with Crippen molar-refractivity contribution >= 4 is 5.69 Å². The quantitative estimate of drug-likeness (QED) is 0.633. The van der Waals surface area contributed by atoms with E-state index in [1.807, 2.05) is 0 Å². The van der Waals surface area contributed by atoms with Crippen LogP contribution in [0.5, 0.6) is 0 Å². The molecule has 1 N–H and O–H groups in total. The Bertz CT molecular complexity index is 181. The lowest BCUT2D eigenvalue weighted by molar-refractivity contribution is 0.628. The maximum absolute atomic E-state index is 12.2. The molecule has 0 radical (unpaired) electrons. The van der Waals surface area contributed by atoms with E-state index < -0.39 is 0 Å². The molecule has 1 nitrogen and oxygen atoms in total. The van der Waals surface area contributed by atoms with Crippen LogP contribution in [0.1, 0.15) is 7.43 Å². The topological polar surface area (TPSA) is 12.0 Å². The molecule has 0 unspecified atom stereocenters. The minimum atomic E-state index is -0.200. The fourth-order valence-corrected chi connectivity index (χ4v) is 0.617. The van der Waals surface area contributed by atoms with E-state index in [0.29, 0.717) is 0 Å². The number of hydrogen-bond acceptors (Lipinski definition) is 1. The predicted molar refractivity (Wildman–Crippen MR) is 42.7 cm³/mol. The van der Waals surface area contributed by atoms with E-state index in [4.69, 9.17) is 0 Å². The van der Waals surface area contributed by atoms with E-state index >= 15 is 0 Å². The van der Waals surface area contributed by atoms with Crippen LogP contribution in [0.4, 0.5) is 10.1 Å². The smallest absolute Gasteiger partial charge is 0.123 e. The van der Waals surface area contributed by atoms with Crippen molar-refractivity contribution in [2.75, 3.05) is 12.4 Å². The summed E-state index contributed by atoms with van der Waals surface area (Å²) in [6, 6.07) is 6.22. The Balaban J connectivity index is 0.000000810. The van der Waals surface area contributed by atoms with Gasteiger partial charge in [0.15, 0.2) is 0 Å². The van der Waals surface area contributed by atoms with Gasteiger partial charge < -0.3 is 5.32 Å². The van der Waals surface area contributed by atoms with Crippen LogP contribution < -0.4 is 5.32 Å².